The molecule has 0 unspecified atom stereocenters. The van der Waals surface area contributed by atoms with Gasteiger partial charge < -0.3 is 5.32 Å². The van der Waals surface area contributed by atoms with Crippen LogP contribution in [-0.2, 0) is 0 Å². The lowest BCUT2D eigenvalue weighted by Crippen LogP contribution is -2.23. The highest BCUT2D eigenvalue weighted by Crippen LogP contribution is 2.23. The first kappa shape index (κ1) is 13.9. The molecule has 2 aromatic heterocycles. The summed E-state index contributed by atoms with van der Waals surface area (Å²) in [6.45, 7) is 3.88. The highest BCUT2D eigenvalue weighted by molar-refractivity contribution is 5.65. The minimum Gasteiger partial charge on any atom is -0.340 e. The summed E-state index contributed by atoms with van der Waals surface area (Å²) in [5, 5.41) is 15.1. The summed E-state index contributed by atoms with van der Waals surface area (Å²) >= 11 is 0. The van der Waals surface area contributed by atoms with Gasteiger partial charge in [-0.1, -0.05) is 32.0 Å². The first-order valence-electron chi connectivity index (χ1n) is 6.98. The van der Waals surface area contributed by atoms with Crippen molar-refractivity contribution < 1.29 is 0 Å². The van der Waals surface area contributed by atoms with Crippen molar-refractivity contribution >= 4 is 17.2 Å². The molecule has 0 saturated carbocycles. The Morgan fingerprint density at radius 1 is 1.32 bits per heavy atom. The molecule has 0 aliphatic heterocycles. The van der Waals surface area contributed by atoms with Gasteiger partial charge in [-0.05, 0) is 18.1 Å². The lowest BCUT2D eigenvalue weighted by Gasteiger charge is -2.13. The maximum Gasteiger partial charge on any atom is 0.278 e. The Morgan fingerprint density at radius 2 is 2.05 bits per heavy atom. The largest absolute Gasteiger partial charge is 0.340 e. The second kappa shape index (κ2) is 5.37. The minimum absolute atomic E-state index is 0.00283. The van der Waals surface area contributed by atoms with E-state index in [0.717, 1.165) is 5.69 Å². The summed E-state index contributed by atoms with van der Waals surface area (Å²) in [5.41, 5.74) is 1.89. The molecular formula is C16H15N5O. The molecule has 0 bridgehead atoms. The van der Waals surface area contributed by atoms with Gasteiger partial charge in [-0.2, -0.15) is 9.78 Å². The smallest absolute Gasteiger partial charge is 0.278 e. The maximum atomic E-state index is 12.7. The van der Waals surface area contributed by atoms with Crippen molar-refractivity contribution in [1.29, 1.82) is 5.26 Å². The molecule has 0 fully saturated rings. The summed E-state index contributed by atoms with van der Waals surface area (Å²) < 4.78 is 1.31. The first-order chi connectivity index (χ1) is 10.6. The van der Waals surface area contributed by atoms with Gasteiger partial charge in [0.05, 0.1) is 5.56 Å². The zero-order valence-electron chi connectivity index (χ0n) is 12.3. The number of fused-ring (bicyclic) bond motifs is 1. The van der Waals surface area contributed by atoms with Crippen molar-refractivity contribution in [2.75, 3.05) is 5.32 Å². The summed E-state index contributed by atoms with van der Waals surface area (Å²) in [4.78, 5) is 17.1. The van der Waals surface area contributed by atoms with Crippen LogP contribution in [0.2, 0.25) is 0 Å². The van der Waals surface area contributed by atoms with Crippen LogP contribution in [0, 0.1) is 11.3 Å². The molecule has 1 aromatic carbocycles. The van der Waals surface area contributed by atoms with Gasteiger partial charge in [-0.25, -0.2) is 4.98 Å². The fourth-order valence-electron chi connectivity index (χ4n) is 2.38. The quantitative estimate of drug-likeness (QED) is 0.777. The number of nitriles is 1. The monoisotopic (exact) mass is 293 g/mol. The number of para-hydroxylation sites is 1. The first-order valence-corrected chi connectivity index (χ1v) is 6.98. The normalized spacial score (nSPS) is 10.8. The Balaban J connectivity index is 2.25. The molecule has 0 atom stereocenters. The van der Waals surface area contributed by atoms with Gasteiger partial charge in [0.15, 0.2) is 5.65 Å². The van der Waals surface area contributed by atoms with Crippen LogP contribution < -0.4 is 10.9 Å². The molecule has 110 valence electrons. The molecule has 0 amide bonds. The molecule has 0 saturated heterocycles. The van der Waals surface area contributed by atoms with Crippen LogP contribution in [-0.4, -0.2) is 14.6 Å². The molecule has 0 radical (unpaired) electrons. The Morgan fingerprint density at radius 3 is 2.68 bits per heavy atom. The van der Waals surface area contributed by atoms with Crippen LogP contribution in [0.5, 0.6) is 0 Å². The van der Waals surface area contributed by atoms with Gasteiger partial charge in [-0.15, -0.1) is 0 Å². The van der Waals surface area contributed by atoms with E-state index in [1.54, 1.807) is 0 Å². The number of benzene rings is 1. The molecule has 0 aliphatic carbocycles. The van der Waals surface area contributed by atoms with Crippen LogP contribution in [0.4, 0.5) is 11.5 Å². The van der Waals surface area contributed by atoms with Gasteiger partial charge in [0, 0.05) is 11.9 Å². The summed E-state index contributed by atoms with van der Waals surface area (Å²) in [7, 11) is 0. The van der Waals surface area contributed by atoms with Crippen LogP contribution in [0.1, 0.15) is 30.9 Å². The number of hydrogen-bond acceptors (Lipinski definition) is 4. The predicted molar refractivity (Wildman–Crippen MR) is 84.3 cm³/mol. The summed E-state index contributed by atoms with van der Waals surface area (Å²) in [5.74, 6) is 0.485. The standard InChI is InChI=1S/C16H15N5O/c1-10(2)13-14(19-12-6-4-3-5-7-12)20-15-11(8-17)9-18-21(15)16(13)22/h3-7,9-10,18-19H,1-2H3. The second-order valence-corrected chi connectivity index (χ2v) is 5.28. The Kier molecular flexibility index (Phi) is 3.39. The van der Waals surface area contributed by atoms with E-state index in [2.05, 4.69) is 15.4 Å². The molecule has 3 rings (SSSR count). The Hall–Kier alpha value is -3.07. The predicted octanol–water partition coefficient (Wildman–Crippen LogP) is 2.76. The molecule has 6 heteroatoms. The van der Waals surface area contributed by atoms with Crippen LogP contribution in [0.3, 0.4) is 0 Å². The SMILES string of the molecule is CC(C)c1c(Nc2ccccc2)nc2c(C#N)c[nH]n2c1=O. The van der Waals surface area contributed by atoms with Gasteiger partial charge in [0.25, 0.3) is 5.56 Å². The van der Waals surface area contributed by atoms with E-state index in [0.29, 0.717) is 22.6 Å². The van der Waals surface area contributed by atoms with E-state index in [1.165, 1.54) is 10.7 Å². The van der Waals surface area contributed by atoms with E-state index in [4.69, 9.17) is 5.26 Å². The Bertz CT molecular complexity index is 915. The zero-order valence-corrected chi connectivity index (χ0v) is 12.3. The topological polar surface area (TPSA) is 86.0 Å². The number of H-pyrrole nitrogens is 1. The van der Waals surface area contributed by atoms with Crippen molar-refractivity contribution in [2.45, 2.75) is 19.8 Å². The molecule has 2 heterocycles. The van der Waals surface area contributed by atoms with Gasteiger partial charge in [0.2, 0.25) is 0 Å². The molecule has 6 nitrogen and oxygen atoms in total. The third kappa shape index (κ3) is 2.23. The maximum absolute atomic E-state index is 12.7. The Labute approximate surface area is 127 Å². The highest BCUT2D eigenvalue weighted by Gasteiger charge is 2.18. The number of aromatic nitrogens is 3. The van der Waals surface area contributed by atoms with Gasteiger partial charge in [0.1, 0.15) is 17.5 Å². The van der Waals surface area contributed by atoms with E-state index in [9.17, 15) is 4.79 Å². The van der Waals surface area contributed by atoms with E-state index in [1.807, 2.05) is 50.2 Å². The van der Waals surface area contributed by atoms with Crippen molar-refractivity contribution in [1.82, 2.24) is 14.6 Å². The number of anilines is 2. The molecule has 0 spiro atoms. The third-order valence-corrected chi connectivity index (χ3v) is 3.43. The fourth-order valence-corrected chi connectivity index (χ4v) is 2.38. The molecule has 3 aromatic rings. The molecule has 22 heavy (non-hydrogen) atoms. The number of aromatic amines is 1. The second-order valence-electron chi connectivity index (χ2n) is 5.28. The molecule has 0 aliphatic rings. The molecule has 2 N–H and O–H groups in total. The average Bonchev–Trinajstić information content (AvgIpc) is 2.91. The van der Waals surface area contributed by atoms with Gasteiger partial charge in [-0.3, -0.25) is 9.89 Å². The highest BCUT2D eigenvalue weighted by atomic mass is 16.1. The fraction of sp³-hybridized carbons (Fsp3) is 0.188. The molecular weight excluding hydrogens is 278 g/mol. The lowest BCUT2D eigenvalue weighted by molar-refractivity contribution is 0.798. The van der Waals surface area contributed by atoms with E-state index < -0.39 is 0 Å². The average molecular weight is 293 g/mol. The van der Waals surface area contributed by atoms with Crippen molar-refractivity contribution in [3.05, 3.63) is 58.0 Å². The minimum atomic E-state index is -0.195. The zero-order chi connectivity index (χ0) is 15.7. The van der Waals surface area contributed by atoms with Crippen molar-refractivity contribution in [2.24, 2.45) is 0 Å². The number of nitrogens with one attached hydrogen (secondary N) is 2. The number of nitrogens with zero attached hydrogens (tertiary/aromatic N) is 3. The van der Waals surface area contributed by atoms with Crippen LogP contribution in [0.25, 0.3) is 5.65 Å². The van der Waals surface area contributed by atoms with E-state index in [-0.39, 0.29) is 11.5 Å². The van der Waals surface area contributed by atoms with Crippen LogP contribution >= 0.6 is 0 Å². The van der Waals surface area contributed by atoms with Crippen LogP contribution in [0.15, 0.2) is 41.3 Å². The van der Waals surface area contributed by atoms with Gasteiger partial charge >= 0.3 is 0 Å². The summed E-state index contributed by atoms with van der Waals surface area (Å²) in [6.07, 6.45) is 1.49. The summed E-state index contributed by atoms with van der Waals surface area (Å²) in [6, 6.07) is 11.6. The van der Waals surface area contributed by atoms with Crippen molar-refractivity contribution in [3.8, 4) is 6.07 Å². The van der Waals surface area contributed by atoms with E-state index >= 15 is 0 Å². The van der Waals surface area contributed by atoms with Crippen molar-refractivity contribution in [3.63, 3.8) is 0 Å². The lowest BCUT2D eigenvalue weighted by atomic mass is 10.1. The number of hydrogen-bond donors (Lipinski definition) is 2. The third-order valence-electron chi connectivity index (χ3n) is 3.43. The number of rotatable bonds is 3.